The fourth-order valence-corrected chi connectivity index (χ4v) is 1.82. The van der Waals surface area contributed by atoms with E-state index < -0.39 is 0 Å². The highest BCUT2D eigenvalue weighted by atomic mass is 35.5. The predicted octanol–water partition coefficient (Wildman–Crippen LogP) is 2.09. The molecule has 1 amide bonds. The second-order valence-corrected chi connectivity index (χ2v) is 5.18. The van der Waals surface area contributed by atoms with Gasteiger partial charge in [0.2, 0.25) is 5.91 Å². The van der Waals surface area contributed by atoms with E-state index in [2.05, 4.69) is 12.2 Å². The fourth-order valence-electron chi connectivity index (χ4n) is 1.82. The van der Waals surface area contributed by atoms with Gasteiger partial charge in [0.25, 0.3) is 0 Å². The predicted molar refractivity (Wildman–Crippen MR) is 69.7 cm³/mol. The van der Waals surface area contributed by atoms with Gasteiger partial charge in [-0.25, -0.2) is 0 Å². The summed E-state index contributed by atoms with van der Waals surface area (Å²) >= 11 is 0. The summed E-state index contributed by atoms with van der Waals surface area (Å²) in [5.41, 5.74) is 5.75. The molecule has 0 aromatic carbocycles. The maximum Gasteiger partial charge on any atom is 0.227 e. The van der Waals surface area contributed by atoms with Crippen molar-refractivity contribution in [1.82, 2.24) is 5.32 Å². The highest BCUT2D eigenvalue weighted by Crippen LogP contribution is 2.44. The van der Waals surface area contributed by atoms with Gasteiger partial charge in [0.1, 0.15) is 0 Å². The van der Waals surface area contributed by atoms with E-state index in [1.165, 1.54) is 12.8 Å². The second kappa shape index (κ2) is 5.87. The molecule has 0 spiro atoms. The van der Waals surface area contributed by atoms with Crippen LogP contribution in [0.15, 0.2) is 0 Å². The van der Waals surface area contributed by atoms with Gasteiger partial charge in [-0.3, -0.25) is 4.79 Å². The van der Waals surface area contributed by atoms with Gasteiger partial charge in [0, 0.05) is 13.1 Å². The van der Waals surface area contributed by atoms with E-state index in [-0.39, 0.29) is 23.7 Å². The van der Waals surface area contributed by atoms with Gasteiger partial charge in [-0.2, -0.15) is 0 Å². The number of carbonyl (C=O) groups excluding carboxylic acids is 1. The lowest BCUT2D eigenvalue weighted by atomic mass is 9.81. The molecular weight excluding hydrogens is 224 g/mol. The fraction of sp³-hybridized carbons (Fsp3) is 0.917. The summed E-state index contributed by atoms with van der Waals surface area (Å²) in [6.07, 6.45) is 4.12. The largest absolute Gasteiger partial charge is 0.355 e. The summed E-state index contributed by atoms with van der Waals surface area (Å²) in [5, 5.41) is 3.06. The van der Waals surface area contributed by atoms with Crippen molar-refractivity contribution in [1.29, 1.82) is 0 Å². The number of nitrogens with two attached hydrogens (primary N) is 1. The molecule has 1 fully saturated rings. The van der Waals surface area contributed by atoms with Crippen LogP contribution in [0.5, 0.6) is 0 Å². The van der Waals surface area contributed by atoms with Gasteiger partial charge < -0.3 is 11.1 Å². The Bertz CT molecular complexity index is 227. The van der Waals surface area contributed by atoms with Gasteiger partial charge >= 0.3 is 0 Å². The molecule has 1 aliphatic rings. The smallest absolute Gasteiger partial charge is 0.227 e. The molecule has 16 heavy (non-hydrogen) atoms. The lowest BCUT2D eigenvalue weighted by Crippen LogP contribution is -2.46. The highest BCUT2D eigenvalue weighted by Gasteiger charge is 2.39. The molecular formula is C12H25ClN2O. The third-order valence-electron chi connectivity index (χ3n) is 4.01. The van der Waals surface area contributed by atoms with E-state index in [1.807, 2.05) is 13.8 Å². The van der Waals surface area contributed by atoms with Crippen LogP contribution in [0.2, 0.25) is 0 Å². The number of carbonyl (C=O) groups is 1. The van der Waals surface area contributed by atoms with Crippen LogP contribution in [0.25, 0.3) is 0 Å². The van der Waals surface area contributed by atoms with E-state index in [0.717, 1.165) is 19.4 Å². The monoisotopic (exact) mass is 248 g/mol. The van der Waals surface area contributed by atoms with Crippen molar-refractivity contribution in [2.24, 2.45) is 16.6 Å². The maximum absolute atomic E-state index is 12.0. The molecule has 0 unspecified atom stereocenters. The summed E-state index contributed by atoms with van der Waals surface area (Å²) in [6.45, 7) is 7.55. The summed E-state index contributed by atoms with van der Waals surface area (Å²) in [6, 6.07) is 0. The van der Waals surface area contributed by atoms with Crippen LogP contribution in [0.1, 0.15) is 46.5 Å². The van der Waals surface area contributed by atoms with Crippen LogP contribution in [0, 0.1) is 10.8 Å². The first kappa shape index (κ1) is 15.7. The molecule has 0 bridgehead atoms. The van der Waals surface area contributed by atoms with Crippen molar-refractivity contribution in [2.75, 3.05) is 13.1 Å². The van der Waals surface area contributed by atoms with Crippen molar-refractivity contribution in [3.05, 3.63) is 0 Å². The molecule has 96 valence electrons. The minimum absolute atomic E-state index is 0. The van der Waals surface area contributed by atoms with Gasteiger partial charge in [0.15, 0.2) is 0 Å². The highest BCUT2D eigenvalue weighted by molar-refractivity contribution is 5.85. The van der Waals surface area contributed by atoms with E-state index in [0.29, 0.717) is 12.0 Å². The SMILES string of the molecule is CCC(CC)(CN)C(=O)NCC1(C)CC1.Cl. The molecule has 0 aromatic heterocycles. The quantitative estimate of drug-likeness (QED) is 0.756. The maximum atomic E-state index is 12.0. The standard InChI is InChI=1S/C12H24N2O.ClH/c1-4-12(5-2,8-13)10(15)14-9-11(3)6-7-11;/h4-9,13H2,1-3H3,(H,14,15);1H. The zero-order valence-corrected chi connectivity index (χ0v) is 11.5. The molecule has 1 saturated carbocycles. The summed E-state index contributed by atoms with van der Waals surface area (Å²) in [5.74, 6) is 0.142. The van der Waals surface area contributed by atoms with Crippen molar-refractivity contribution in [3.63, 3.8) is 0 Å². The Hall–Kier alpha value is -0.280. The van der Waals surface area contributed by atoms with Crippen molar-refractivity contribution >= 4 is 18.3 Å². The van der Waals surface area contributed by atoms with Gasteiger partial charge in [-0.1, -0.05) is 20.8 Å². The Kier molecular flexibility index (Phi) is 5.77. The van der Waals surface area contributed by atoms with Crippen LogP contribution < -0.4 is 11.1 Å². The Morgan fingerprint density at radius 2 is 1.88 bits per heavy atom. The lowest BCUT2D eigenvalue weighted by Gasteiger charge is -2.29. The zero-order valence-electron chi connectivity index (χ0n) is 10.6. The van der Waals surface area contributed by atoms with Crippen LogP contribution in [-0.2, 0) is 4.79 Å². The van der Waals surface area contributed by atoms with Gasteiger partial charge in [0.05, 0.1) is 5.41 Å². The van der Waals surface area contributed by atoms with Crippen LogP contribution in [0.3, 0.4) is 0 Å². The molecule has 0 atom stereocenters. The van der Waals surface area contributed by atoms with E-state index in [1.54, 1.807) is 0 Å². The van der Waals surface area contributed by atoms with Crippen LogP contribution >= 0.6 is 12.4 Å². The second-order valence-electron chi connectivity index (χ2n) is 5.18. The van der Waals surface area contributed by atoms with Gasteiger partial charge in [-0.05, 0) is 31.1 Å². The average molecular weight is 249 g/mol. The first-order chi connectivity index (χ1) is 7.02. The Balaban J connectivity index is 0.00000225. The topological polar surface area (TPSA) is 55.1 Å². The number of amides is 1. The minimum atomic E-state index is -0.342. The molecule has 0 saturated heterocycles. The molecule has 1 rings (SSSR count). The number of hydrogen-bond acceptors (Lipinski definition) is 2. The summed E-state index contributed by atoms with van der Waals surface area (Å²) in [4.78, 5) is 12.0. The molecule has 0 radical (unpaired) electrons. The minimum Gasteiger partial charge on any atom is -0.355 e. The number of rotatable bonds is 6. The third-order valence-corrected chi connectivity index (χ3v) is 4.01. The molecule has 0 heterocycles. The third kappa shape index (κ3) is 3.36. The van der Waals surface area contributed by atoms with Gasteiger partial charge in [-0.15, -0.1) is 12.4 Å². The molecule has 0 aromatic rings. The lowest BCUT2D eigenvalue weighted by molar-refractivity contribution is -0.131. The molecule has 3 nitrogen and oxygen atoms in total. The summed E-state index contributed by atoms with van der Waals surface area (Å²) in [7, 11) is 0. The normalized spacial score (nSPS) is 17.5. The number of hydrogen-bond donors (Lipinski definition) is 2. The first-order valence-corrected chi connectivity index (χ1v) is 6.00. The van der Waals surface area contributed by atoms with Crippen LogP contribution in [-0.4, -0.2) is 19.0 Å². The van der Waals surface area contributed by atoms with Crippen molar-refractivity contribution < 1.29 is 4.79 Å². The summed E-state index contributed by atoms with van der Waals surface area (Å²) < 4.78 is 0. The Morgan fingerprint density at radius 3 is 2.19 bits per heavy atom. The molecule has 1 aliphatic carbocycles. The van der Waals surface area contributed by atoms with Crippen molar-refractivity contribution in [2.45, 2.75) is 46.5 Å². The van der Waals surface area contributed by atoms with E-state index in [4.69, 9.17) is 5.73 Å². The van der Waals surface area contributed by atoms with Crippen molar-refractivity contribution in [3.8, 4) is 0 Å². The Morgan fingerprint density at radius 1 is 1.38 bits per heavy atom. The first-order valence-electron chi connectivity index (χ1n) is 6.00. The molecule has 0 aliphatic heterocycles. The zero-order chi connectivity index (χ0) is 11.5. The number of nitrogens with one attached hydrogen (secondary N) is 1. The Labute approximate surface area is 105 Å². The van der Waals surface area contributed by atoms with E-state index in [9.17, 15) is 4.79 Å². The van der Waals surface area contributed by atoms with E-state index >= 15 is 0 Å². The number of halogens is 1. The molecule has 3 N–H and O–H groups in total. The molecule has 4 heteroatoms. The van der Waals surface area contributed by atoms with Crippen LogP contribution in [0.4, 0.5) is 0 Å². The average Bonchev–Trinajstić information content (AvgIpc) is 2.98.